The summed E-state index contributed by atoms with van der Waals surface area (Å²) in [5.74, 6) is -0.917. The van der Waals surface area contributed by atoms with Crippen LogP contribution in [-0.2, 0) is 6.42 Å². The molecule has 20 heavy (non-hydrogen) atoms. The zero-order valence-electron chi connectivity index (χ0n) is 12.0. The zero-order valence-corrected chi connectivity index (χ0v) is 12.0. The van der Waals surface area contributed by atoms with Crippen LogP contribution < -0.4 is 0 Å². The standard InChI is InChI=1S/C16H14O2.C2H6/c1-2-14-9-8-13(11-15(14)16(17)18)10-12-6-4-3-5-7-12;1-2/h2-9,11H,1,10H2,(H,17,18);1-2H3. The predicted octanol–water partition coefficient (Wildman–Crippen LogP) is 4.64. The quantitative estimate of drug-likeness (QED) is 0.876. The lowest BCUT2D eigenvalue weighted by Gasteiger charge is -2.06. The van der Waals surface area contributed by atoms with E-state index in [1.54, 1.807) is 18.2 Å². The SMILES string of the molecule is C=Cc1ccc(Cc2ccccc2)cc1C(=O)O.CC. The number of carboxylic acids is 1. The third kappa shape index (κ3) is 4.09. The average molecular weight is 268 g/mol. The third-order valence-electron chi connectivity index (χ3n) is 2.82. The number of hydrogen-bond donors (Lipinski definition) is 1. The first-order valence-electron chi connectivity index (χ1n) is 6.73. The van der Waals surface area contributed by atoms with Gasteiger partial charge in [0.2, 0.25) is 0 Å². The van der Waals surface area contributed by atoms with E-state index in [2.05, 4.69) is 6.58 Å². The second-order valence-electron chi connectivity index (χ2n) is 4.09. The molecule has 2 heteroatoms. The van der Waals surface area contributed by atoms with Crippen molar-refractivity contribution < 1.29 is 9.90 Å². The minimum absolute atomic E-state index is 0.304. The van der Waals surface area contributed by atoms with Crippen LogP contribution in [0.3, 0.4) is 0 Å². The first-order valence-corrected chi connectivity index (χ1v) is 6.73. The Morgan fingerprint density at radius 1 is 1.10 bits per heavy atom. The smallest absolute Gasteiger partial charge is 0.336 e. The topological polar surface area (TPSA) is 37.3 Å². The van der Waals surface area contributed by atoms with Crippen molar-refractivity contribution in [1.29, 1.82) is 0 Å². The molecule has 0 amide bonds. The molecule has 0 aromatic heterocycles. The van der Waals surface area contributed by atoms with E-state index in [9.17, 15) is 4.79 Å². The molecule has 0 spiro atoms. The number of carbonyl (C=O) groups is 1. The van der Waals surface area contributed by atoms with E-state index in [1.165, 1.54) is 5.56 Å². The molecule has 0 saturated carbocycles. The maximum Gasteiger partial charge on any atom is 0.336 e. The molecule has 0 aliphatic carbocycles. The van der Waals surface area contributed by atoms with E-state index in [1.807, 2.05) is 50.2 Å². The molecule has 2 aromatic rings. The molecule has 2 nitrogen and oxygen atoms in total. The van der Waals surface area contributed by atoms with E-state index >= 15 is 0 Å². The molecule has 0 aliphatic rings. The number of rotatable bonds is 4. The minimum Gasteiger partial charge on any atom is -0.478 e. The summed E-state index contributed by atoms with van der Waals surface area (Å²) in [5, 5.41) is 9.14. The van der Waals surface area contributed by atoms with Crippen molar-refractivity contribution >= 4 is 12.0 Å². The molecular weight excluding hydrogens is 248 g/mol. The molecule has 0 saturated heterocycles. The summed E-state index contributed by atoms with van der Waals surface area (Å²) in [7, 11) is 0. The van der Waals surface area contributed by atoms with Crippen LogP contribution in [0.25, 0.3) is 6.08 Å². The molecule has 0 fully saturated rings. The zero-order chi connectivity index (χ0) is 15.0. The van der Waals surface area contributed by atoms with Gasteiger partial charge in [0.1, 0.15) is 0 Å². The summed E-state index contributed by atoms with van der Waals surface area (Å²) in [6, 6.07) is 15.4. The van der Waals surface area contributed by atoms with Crippen molar-refractivity contribution in [3.63, 3.8) is 0 Å². The van der Waals surface area contributed by atoms with E-state index in [0.29, 0.717) is 11.1 Å². The number of benzene rings is 2. The fraction of sp³-hybridized carbons (Fsp3) is 0.167. The molecule has 2 rings (SSSR count). The average Bonchev–Trinajstić information content (AvgIpc) is 2.50. The third-order valence-corrected chi connectivity index (χ3v) is 2.82. The van der Waals surface area contributed by atoms with Gasteiger partial charge in [-0.25, -0.2) is 4.79 Å². The van der Waals surface area contributed by atoms with Crippen LogP contribution in [0.15, 0.2) is 55.1 Å². The van der Waals surface area contributed by atoms with Gasteiger partial charge in [0.05, 0.1) is 5.56 Å². The lowest BCUT2D eigenvalue weighted by molar-refractivity contribution is 0.0696. The summed E-state index contributed by atoms with van der Waals surface area (Å²) in [5.41, 5.74) is 3.11. The first-order chi connectivity index (χ1) is 9.70. The van der Waals surface area contributed by atoms with Gasteiger partial charge in [-0.1, -0.05) is 69.0 Å². The van der Waals surface area contributed by atoms with Crippen LogP contribution in [0, 0.1) is 0 Å². The Bertz CT molecular complexity index is 571. The molecule has 1 N–H and O–H groups in total. The molecule has 104 valence electrons. The van der Waals surface area contributed by atoms with E-state index in [0.717, 1.165) is 12.0 Å². The van der Waals surface area contributed by atoms with Crippen molar-refractivity contribution in [1.82, 2.24) is 0 Å². The summed E-state index contributed by atoms with van der Waals surface area (Å²) in [6.07, 6.45) is 2.30. The molecule has 0 unspecified atom stereocenters. The maximum atomic E-state index is 11.1. The number of carboxylic acid groups (broad SMARTS) is 1. The summed E-state index contributed by atoms with van der Waals surface area (Å²) >= 11 is 0. The van der Waals surface area contributed by atoms with Crippen LogP contribution in [-0.4, -0.2) is 11.1 Å². The van der Waals surface area contributed by atoms with Crippen molar-refractivity contribution in [3.05, 3.63) is 77.4 Å². The van der Waals surface area contributed by atoms with E-state index in [4.69, 9.17) is 5.11 Å². The predicted molar refractivity (Wildman–Crippen MR) is 84.1 cm³/mol. The lowest BCUT2D eigenvalue weighted by atomic mass is 9.99. The Labute approximate surface area is 120 Å². The molecule has 0 atom stereocenters. The Morgan fingerprint density at radius 3 is 2.30 bits per heavy atom. The van der Waals surface area contributed by atoms with Gasteiger partial charge < -0.3 is 5.11 Å². The van der Waals surface area contributed by atoms with Crippen LogP contribution in [0.5, 0.6) is 0 Å². The summed E-state index contributed by atoms with van der Waals surface area (Å²) in [6.45, 7) is 7.62. The summed E-state index contributed by atoms with van der Waals surface area (Å²) < 4.78 is 0. The molecule has 0 aliphatic heterocycles. The van der Waals surface area contributed by atoms with Crippen LogP contribution in [0.2, 0.25) is 0 Å². The molecule has 0 heterocycles. The number of aromatic carboxylic acids is 1. The minimum atomic E-state index is -0.917. The van der Waals surface area contributed by atoms with Gasteiger partial charge in [0.25, 0.3) is 0 Å². The van der Waals surface area contributed by atoms with Gasteiger partial charge in [-0.05, 0) is 29.2 Å². The largest absolute Gasteiger partial charge is 0.478 e. The van der Waals surface area contributed by atoms with Crippen molar-refractivity contribution in [2.75, 3.05) is 0 Å². The Kier molecular flexibility index (Phi) is 6.24. The van der Waals surface area contributed by atoms with Crippen molar-refractivity contribution in [2.24, 2.45) is 0 Å². The molecule has 2 aromatic carbocycles. The van der Waals surface area contributed by atoms with Gasteiger partial charge in [0, 0.05) is 0 Å². The van der Waals surface area contributed by atoms with Gasteiger partial charge >= 0.3 is 5.97 Å². The first kappa shape index (κ1) is 15.7. The van der Waals surface area contributed by atoms with Crippen LogP contribution in [0.4, 0.5) is 0 Å². The fourth-order valence-corrected chi connectivity index (χ4v) is 1.91. The Balaban J connectivity index is 0.000000956. The molecule has 0 bridgehead atoms. The van der Waals surface area contributed by atoms with Gasteiger partial charge in [-0.3, -0.25) is 0 Å². The van der Waals surface area contributed by atoms with E-state index in [-0.39, 0.29) is 0 Å². The van der Waals surface area contributed by atoms with Crippen molar-refractivity contribution in [3.8, 4) is 0 Å². The maximum absolute atomic E-state index is 11.1. The van der Waals surface area contributed by atoms with Crippen LogP contribution in [0.1, 0.15) is 40.9 Å². The lowest BCUT2D eigenvalue weighted by Crippen LogP contribution is -2.01. The normalized spacial score (nSPS) is 9.30. The fourth-order valence-electron chi connectivity index (χ4n) is 1.91. The van der Waals surface area contributed by atoms with Gasteiger partial charge in [-0.2, -0.15) is 0 Å². The van der Waals surface area contributed by atoms with Crippen LogP contribution >= 0.6 is 0 Å². The Morgan fingerprint density at radius 2 is 1.75 bits per heavy atom. The highest BCUT2D eigenvalue weighted by Gasteiger charge is 2.08. The molecular formula is C18H20O2. The van der Waals surface area contributed by atoms with Crippen molar-refractivity contribution in [2.45, 2.75) is 20.3 Å². The second-order valence-corrected chi connectivity index (χ2v) is 4.09. The van der Waals surface area contributed by atoms with Gasteiger partial charge in [0.15, 0.2) is 0 Å². The number of hydrogen-bond acceptors (Lipinski definition) is 1. The highest BCUT2D eigenvalue weighted by Crippen LogP contribution is 2.16. The van der Waals surface area contributed by atoms with Gasteiger partial charge in [-0.15, -0.1) is 0 Å². The monoisotopic (exact) mass is 268 g/mol. The molecule has 0 radical (unpaired) electrons. The highest BCUT2D eigenvalue weighted by atomic mass is 16.4. The highest BCUT2D eigenvalue weighted by molar-refractivity contribution is 5.92. The second kappa shape index (κ2) is 7.95. The van der Waals surface area contributed by atoms with E-state index < -0.39 is 5.97 Å². The summed E-state index contributed by atoms with van der Waals surface area (Å²) in [4.78, 5) is 11.1. The Hall–Kier alpha value is -2.35.